The average Bonchev–Trinajstić information content (AvgIpc) is 2.74. The molecule has 2 aromatic carbocycles. The molecule has 1 aliphatic heterocycles. The van der Waals surface area contributed by atoms with Crippen LogP contribution in [0.15, 0.2) is 36.4 Å². The molecule has 1 aliphatic rings. The molecule has 9 heteroatoms. The molecule has 0 aromatic heterocycles. The van der Waals surface area contributed by atoms with Crippen LogP contribution in [0.2, 0.25) is 0 Å². The molecule has 1 fully saturated rings. The predicted molar refractivity (Wildman–Crippen MR) is 106 cm³/mol. The Hall–Kier alpha value is -2.65. The Bertz CT molecular complexity index is 812. The van der Waals surface area contributed by atoms with E-state index in [9.17, 15) is 13.2 Å². The Kier molecular flexibility index (Phi) is 6.94. The van der Waals surface area contributed by atoms with E-state index in [4.69, 9.17) is 14.2 Å². The number of ether oxygens (including phenoxy) is 4. The largest absolute Gasteiger partial charge is 0.573 e. The molecule has 30 heavy (non-hydrogen) atoms. The molecule has 0 aliphatic carbocycles. The predicted octanol–water partition coefficient (Wildman–Crippen LogP) is 3.61. The minimum Gasteiger partial charge on any atom is -0.496 e. The molecule has 0 unspecified atom stereocenters. The molecule has 0 saturated carbocycles. The average molecular weight is 426 g/mol. The topological polar surface area (TPSA) is 52.2 Å². The number of hydrogen-bond acceptors (Lipinski definition) is 6. The summed E-state index contributed by atoms with van der Waals surface area (Å²) in [4.78, 5) is 2.24. The van der Waals surface area contributed by atoms with Crippen molar-refractivity contribution in [3.8, 4) is 23.0 Å². The standard InChI is InChI=1S/C21H25F3N2O4/c1-27-16-12-17(28-2)19(18(13-16)29-3)20(26-10-8-25-9-11-26)14-4-6-15(7-5-14)30-21(22,23)24/h4-7,12-13,20,25H,8-11H2,1-3H3/t20-/m0/s1. The fourth-order valence-corrected chi connectivity index (χ4v) is 3.65. The van der Waals surface area contributed by atoms with Crippen LogP contribution in [0.5, 0.6) is 23.0 Å². The van der Waals surface area contributed by atoms with E-state index in [1.165, 1.54) is 12.1 Å². The third kappa shape index (κ3) is 5.09. The highest BCUT2D eigenvalue weighted by Gasteiger charge is 2.32. The summed E-state index contributed by atoms with van der Waals surface area (Å²) in [7, 11) is 4.68. The van der Waals surface area contributed by atoms with E-state index in [-0.39, 0.29) is 11.8 Å². The summed E-state index contributed by atoms with van der Waals surface area (Å²) in [5.41, 5.74) is 1.58. The molecule has 0 spiro atoms. The second kappa shape index (κ2) is 9.44. The molecule has 1 atom stereocenters. The monoisotopic (exact) mass is 426 g/mol. The highest BCUT2D eigenvalue weighted by molar-refractivity contribution is 5.55. The summed E-state index contributed by atoms with van der Waals surface area (Å²) in [5.74, 6) is 1.47. The Morgan fingerprint density at radius 2 is 1.43 bits per heavy atom. The fourth-order valence-electron chi connectivity index (χ4n) is 3.65. The molecule has 3 rings (SSSR count). The van der Waals surface area contributed by atoms with Gasteiger partial charge >= 0.3 is 6.36 Å². The smallest absolute Gasteiger partial charge is 0.496 e. The Balaban J connectivity index is 2.08. The van der Waals surface area contributed by atoms with Gasteiger partial charge in [0.1, 0.15) is 23.0 Å². The summed E-state index contributed by atoms with van der Waals surface area (Å²) in [6.45, 7) is 3.10. The van der Waals surface area contributed by atoms with Crippen LogP contribution in [-0.2, 0) is 0 Å². The van der Waals surface area contributed by atoms with Crippen LogP contribution in [0.25, 0.3) is 0 Å². The van der Waals surface area contributed by atoms with E-state index in [1.54, 1.807) is 45.6 Å². The van der Waals surface area contributed by atoms with Crippen LogP contribution < -0.4 is 24.3 Å². The van der Waals surface area contributed by atoms with Gasteiger partial charge in [0.2, 0.25) is 0 Å². The zero-order chi connectivity index (χ0) is 21.7. The van der Waals surface area contributed by atoms with Crippen LogP contribution in [0.1, 0.15) is 17.2 Å². The molecule has 1 saturated heterocycles. The van der Waals surface area contributed by atoms with E-state index >= 15 is 0 Å². The Morgan fingerprint density at radius 1 is 0.867 bits per heavy atom. The van der Waals surface area contributed by atoms with Gasteiger partial charge in [0, 0.05) is 38.3 Å². The number of nitrogens with one attached hydrogen (secondary N) is 1. The molecule has 6 nitrogen and oxygen atoms in total. The maximum absolute atomic E-state index is 12.5. The first-order chi connectivity index (χ1) is 14.4. The molecular weight excluding hydrogens is 401 g/mol. The van der Waals surface area contributed by atoms with E-state index in [0.717, 1.165) is 37.3 Å². The van der Waals surface area contributed by atoms with Gasteiger partial charge in [0.05, 0.1) is 32.9 Å². The second-order valence-corrected chi connectivity index (χ2v) is 6.75. The number of piperazine rings is 1. The molecular formula is C21H25F3N2O4. The summed E-state index contributed by atoms with van der Waals surface area (Å²) < 4.78 is 58.3. The van der Waals surface area contributed by atoms with Crippen molar-refractivity contribution < 1.29 is 32.1 Å². The first-order valence-electron chi connectivity index (χ1n) is 9.46. The van der Waals surface area contributed by atoms with Gasteiger partial charge in [0.25, 0.3) is 0 Å². The summed E-state index contributed by atoms with van der Waals surface area (Å²) in [6.07, 6.45) is -4.73. The third-order valence-corrected chi connectivity index (χ3v) is 4.97. The van der Waals surface area contributed by atoms with Crippen LogP contribution >= 0.6 is 0 Å². The maximum atomic E-state index is 12.5. The molecule has 0 amide bonds. The van der Waals surface area contributed by atoms with Gasteiger partial charge in [-0.1, -0.05) is 12.1 Å². The van der Waals surface area contributed by atoms with Crippen LogP contribution in [0.3, 0.4) is 0 Å². The van der Waals surface area contributed by atoms with Crippen molar-refractivity contribution in [2.24, 2.45) is 0 Å². The van der Waals surface area contributed by atoms with E-state index in [0.29, 0.717) is 17.2 Å². The van der Waals surface area contributed by atoms with Gasteiger partial charge < -0.3 is 24.3 Å². The minimum absolute atomic E-state index is 0.265. The number of methoxy groups -OCH3 is 3. The lowest BCUT2D eigenvalue weighted by Crippen LogP contribution is -2.45. The van der Waals surface area contributed by atoms with Crippen LogP contribution in [0.4, 0.5) is 13.2 Å². The normalized spacial score (nSPS) is 16.1. The molecule has 1 N–H and O–H groups in total. The van der Waals surface area contributed by atoms with Crippen molar-refractivity contribution >= 4 is 0 Å². The van der Waals surface area contributed by atoms with Gasteiger partial charge in [-0.25, -0.2) is 0 Å². The van der Waals surface area contributed by atoms with Crippen molar-refractivity contribution in [1.29, 1.82) is 0 Å². The minimum atomic E-state index is -4.73. The lowest BCUT2D eigenvalue weighted by molar-refractivity contribution is -0.274. The summed E-state index contributed by atoms with van der Waals surface area (Å²) in [5, 5.41) is 3.31. The number of rotatable bonds is 7. The van der Waals surface area contributed by atoms with Crippen molar-refractivity contribution in [3.05, 3.63) is 47.5 Å². The highest BCUT2D eigenvalue weighted by atomic mass is 19.4. The maximum Gasteiger partial charge on any atom is 0.573 e. The summed E-state index contributed by atoms with van der Waals surface area (Å²) >= 11 is 0. The second-order valence-electron chi connectivity index (χ2n) is 6.75. The van der Waals surface area contributed by atoms with Crippen LogP contribution in [-0.4, -0.2) is 58.8 Å². The number of benzene rings is 2. The zero-order valence-electron chi connectivity index (χ0n) is 17.1. The molecule has 0 bridgehead atoms. The lowest BCUT2D eigenvalue weighted by Gasteiger charge is -2.36. The van der Waals surface area contributed by atoms with E-state index < -0.39 is 6.36 Å². The third-order valence-electron chi connectivity index (χ3n) is 4.97. The number of nitrogens with zero attached hydrogens (tertiary/aromatic N) is 1. The van der Waals surface area contributed by atoms with Gasteiger partial charge in [-0.05, 0) is 17.7 Å². The number of alkyl halides is 3. The quantitative estimate of drug-likeness (QED) is 0.730. The fraction of sp³-hybridized carbons (Fsp3) is 0.429. The first kappa shape index (κ1) is 22.0. The Labute approximate surface area is 173 Å². The summed E-state index contributed by atoms with van der Waals surface area (Å²) in [6, 6.07) is 9.17. The number of halogens is 3. The van der Waals surface area contributed by atoms with Crippen LogP contribution in [0, 0.1) is 0 Å². The van der Waals surface area contributed by atoms with Crippen molar-refractivity contribution in [2.45, 2.75) is 12.4 Å². The van der Waals surface area contributed by atoms with E-state index in [2.05, 4.69) is 15.0 Å². The molecule has 2 aromatic rings. The van der Waals surface area contributed by atoms with Gasteiger partial charge in [-0.2, -0.15) is 0 Å². The molecule has 1 heterocycles. The zero-order valence-corrected chi connectivity index (χ0v) is 17.1. The van der Waals surface area contributed by atoms with Gasteiger partial charge in [-0.3, -0.25) is 4.90 Å². The molecule has 0 radical (unpaired) electrons. The molecule has 164 valence electrons. The van der Waals surface area contributed by atoms with E-state index in [1.807, 2.05) is 0 Å². The Morgan fingerprint density at radius 3 is 1.90 bits per heavy atom. The van der Waals surface area contributed by atoms with Crippen molar-refractivity contribution in [3.63, 3.8) is 0 Å². The first-order valence-corrected chi connectivity index (χ1v) is 9.46. The highest BCUT2D eigenvalue weighted by Crippen LogP contribution is 2.43. The number of hydrogen-bond donors (Lipinski definition) is 1. The van der Waals surface area contributed by atoms with Gasteiger partial charge in [-0.15, -0.1) is 13.2 Å². The van der Waals surface area contributed by atoms with Crippen molar-refractivity contribution in [2.75, 3.05) is 47.5 Å². The van der Waals surface area contributed by atoms with Gasteiger partial charge in [0.15, 0.2) is 0 Å². The lowest BCUT2D eigenvalue weighted by atomic mass is 9.94. The SMILES string of the molecule is COc1cc(OC)c([C@H](c2ccc(OC(F)(F)F)cc2)N2CCNCC2)c(OC)c1. The van der Waals surface area contributed by atoms with Crippen molar-refractivity contribution in [1.82, 2.24) is 10.2 Å².